The van der Waals surface area contributed by atoms with Crippen molar-refractivity contribution in [3.05, 3.63) is 42.5 Å². The summed E-state index contributed by atoms with van der Waals surface area (Å²) in [4.78, 5) is 12.1. The lowest BCUT2D eigenvalue weighted by Gasteiger charge is -2.29. The number of rotatable bonds is 7. The highest BCUT2D eigenvalue weighted by Crippen LogP contribution is 2.31. The molecular weight excluding hydrogens is 242 g/mol. The molecule has 1 rings (SSSR count). The van der Waals surface area contributed by atoms with Crippen molar-refractivity contribution >= 4 is 5.97 Å². The first-order chi connectivity index (χ1) is 9.10. The maximum absolute atomic E-state index is 12.1. The molecule has 0 fully saturated rings. The van der Waals surface area contributed by atoms with Gasteiger partial charge in [0.15, 0.2) is 0 Å². The summed E-state index contributed by atoms with van der Waals surface area (Å²) in [6.07, 6.45) is 1.70. The lowest BCUT2D eigenvalue weighted by Crippen LogP contribution is -2.47. The molecule has 0 amide bonds. The highest BCUT2D eigenvalue weighted by molar-refractivity contribution is 5.83. The Kier molecular flexibility index (Phi) is 5.57. The van der Waals surface area contributed by atoms with Crippen LogP contribution in [0.2, 0.25) is 0 Å². The van der Waals surface area contributed by atoms with Gasteiger partial charge in [-0.2, -0.15) is 0 Å². The van der Waals surface area contributed by atoms with Crippen LogP contribution in [0.15, 0.2) is 36.9 Å². The van der Waals surface area contributed by atoms with Gasteiger partial charge in [-0.15, -0.1) is 6.58 Å². The second-order valence-corrected chi connectivity index (χ2v) is 4.22. The molecule has 104 valence electrons. The predicted octanol–water partition coefficient (Wildman–Crippen LogP) is 2.25. The Morgan fingerprint density at radius 1 is 1.47 bits per heavy atom. The van der Waals surface area contributed by atoms with Crippen LogP contribution in [0, 0.1) is 0 Å². The first-order valence-corrected chi connectivity index (χ1v) is 6.26. The van der Waals surface area contributed by atoms with E-state index >= 15 is 0 Å². The summed E-state index contributed by atoms with van der Waals surface area (Å²) in [6.45, 7) is 8.37. The van der Waals surface area contributed by atoms with Crippen LogP contribution in [-0.2, 0) is 15.1 Å². The maximum atomic E-state index is 12.1. The first kappa shape index (κ1) is 15.2. The lowest BCUT2D eigenvalue weighted by molar-refractivity contribution is -0.148. The fourth-order valence-corrected chi connectivity index (χ4v) is 1.92. The molecule has 0 aliphatic carbocycles. The van der Waals surface area contributed by atoms with Gasteiger partial charge in [0.25, 0.3) is 0 Å². The molecule has 0 aliphatic rings. The van der Waals surface area contributed by atoms with Crippen LogP contribution in [0.3, 0.4) is 0 Å². The van der Waals surface area contributed by atoms with Crippen molar-refractivity contribution in [2.24, 2.45) is 0 Å². The van der Waals surface area contributed by atoms with Gasteiger partial charge >= 0.3 is 5.97 Å². The zero-order chi connectivity index (χ0) is 14.3. The molecule has 1 aromatic carbocycles. The molecular formula is C15H21NO3. The van der Waals surface area contributed by atoms with Crippen LogP contribution in [0.4, 0.5) is 0 Å². The van der Waals surface area contributed by atoms with Gasteiger partial charge in [0.1, 0.15) is 11.3 Å². The number of esters is 1. The molecule has 19 heavy (non-hydrogen) atoms. The number of nitrogens with one attached hydrogen (secondary N) is 1. The van der Waals surface area contributed by atoms with Crippen molar-refractivity contribution in [2.45, 2.75) is 19.4 Å². The van der Waals surface area contributed by atoms with Crippen LogP contribution in [0.5, 0.6) is 5.75 Å². The standard InChI is InChI=1S/C15H21NO3/c1-5-11-16-15(3,14(17)18-4)12-9-7-8-10-13(12)19-6-2/h5,7-10,16H,1,6,11H2,2-4H3. The van der Waals surface area contributed by atoms with E-state index in [1.807, 2.05) is 31.2 Å². The predicted molar refractivity (Wildman–Crippen MR) is 75.2 cm³/mol. The number of para-hydroxylation sites is 1. The quantitative estimate of drug-likeness (QED) is 0.605. The fourth-order valence-electron chi connectivity index (χ4n) is 1.92. The van der Waals surface area contributed by atoms with E-state index in [0.29, 0.717) is 18.9 Å². The van der Waals surface area contributed by atoms with Gasteiger partial charge in [-0.05, 0) is 19.9 Å². The third-order valence-electron chi connectivity index (χ3n) is 2.92. The smallest absolute Gasteiger partial charge is 0.330 e. The molecule has 1 N–H and O–H groups in total. The van der Waals surface area contributed by atoms with Gasteiger partial charge in [-0.25, -0.2) is 4.79 Å². The summed E-state index contributed by atoms with van der Waals surface area (Å²) in [7, 11) is 1.37. The molecule has 1 aromatic rings. The van der Waals surface area contributed by atoms with Crippen LogP contribution in [0.25, 0.3) is 0 Å². The SMILES string of the molecule is C=CCNC(C)(C(=O)OC)c1ccccc1OCC. The van der Waals surface area contributed by atoms with Gasteiger partial charge in [-0.1, -0.05) is 24.3 Å². The summed E-state index contributed by atoms with van der Waals surface area (Å²) < 4.78 is 10.5. The van der Waals surface area contributed by atoms with E-state index in [0.717, 1.165) is 5.56 Å². The number of ether oxygens (including phenoxy) is 2. The molecule has 0 saturated heterocycles. The van der Waals surface area contributed by atoms with Crippen molar-refractivity contribution in [1.82, 2.24) is 5.32 Å². The van der Waals surface area contributed by atoms with Gasteiger partial charge in [-0.3, -0.25) is 5.32 Å². The monoisotopic (exact) mass is 263 g/mol. The highest BCUT2D eigenvalue weighted by atomic mass is 16.5. The summed E-state index contributed by atoms with van der Waals surface area (Å²) in [6, 6.07) is 7.45. The van der Waals surface area contributed by atoms with E-state index in [-0.39, 0.29) is 5.97 Å². The second-order valence-electron chi connectivity index (χ2n) is 4.22. The molecule has 4 heteroatoms. The van der Waals surface area contributed by atoms with Crippen LogP contribution in [-0.4, -0.2) is 26.2 Å². The molecule has 0 aliphatic heterocycles. The Bertz CT molecular complexity index is 445. The highest BCUT2D eigenvalue weighted by Gasteiger charge is 2.38. The van der Waals surface area contributed by atoms with E-state index in [9.17, 15) is 4.79 Å². The fraction of sp³-hybridized carbons (Fsp3) is 0.400. The minimum absolute atomic E-state index is 0.360. The molecule has 0 aromatic heterocycles. The summed E-state index contributed by atoms with van der Waals surface area (Å²) >= 11 is 0. The van der Waals surface area contributed by atoms with Gasteiger partial charge in [0, 0.05) is 12.1 Å². The van der Waals surface area contributed by atoms with E-state index in [2.05, 4.69) is 11.9 Å². The van der Waals surface area contributed by atoms with E-state index in [1.54, 1.807) is 13.0 Å². The molecule has 0 spiro atoms. The average Bonchev–Trinajstić information content (AvgIpc) is 2.44. The molecule has 0 bridgehead atoms. The van der Waals surface area contributed by atoms with E-state index in [1.165, 1.54) is 7.11 Å². The normalized spacial score (nSPS) is 13.4. The molecule has 0 radical (unpaired) electrons. The molecule has 0 heterocycles. The first-order valence-electron chi connectivity index (χ1n) is 6.26. The molecule has 4 nitrogen and oxygen atoms in total. The van der Waals surface area contributed by atoms with Gasteiger partial charge in [0.05, 0.1) is 13.7 Å². The largest absolute Gasteiger partial charge is 0.494 e. The Balaban J connectivity index is 3.23. The van der Waals surface area contributed by atoms with Crippen molar-refractivity contribution in [3.63, 3.8) is 0 Å². The van der Waals surface area contributed by atoms with Crippen molar-refractivity contribution in [2.75, 3.05) is 20.3 Å². The Morgan fingerprint density at radius 2 is 2.16 bits per heavy atom. The third-order valence-corrected chi connectivity index (χ3v) is 2.92. The van der Waals surface area contributed by atoms with Crippen LogP contribution in [0.1, 0.15) is 19.4 Å². The summed E-state index contributed by atoms with van der Waals surface area (Å²) in [5, 5.41) is 3.14. The zero-order valence-electron chi connectivity index (χ0n) is 11.7. The zero-order valence-corrected chi connectivity index (χ0v) is 11.7. The number of methoxy groups -OCH3 is 1. The molecule has 1 atom stereocenters. The third kappa shape index (κ3) is 3.35. The van der Waals surface area contributed by atoms with Crippen molar-refractivity contribution in [1.29, 1.82) is 0 Å². The average molecular weight is 263 g/mol. The summed E-state index contributed by atoms with van der Waals surface area (Å²) in [5.74, 6) is 0.316. The molecule has 1 unspecified atom stereocenters. The summed E-state index contributed by atoms with van der Waals surface area (Å²) in [5.41, 5.74) is -0.208. The Labute approximate surface area is 114 Å². The number of hydrogen-bond donors (Lipinski definition) is 1. The maximum Gasteiger partial charge on any atom is 0.330 e. The molecule has 0 saturated carbocycles. The minimum Gasteiger partial charge on any atom is -0.494 e. The number of benzene rings is 1. The Hall–Kier alpha value is -1.81. The van der Waals surface area contributed by atoms with Crippen molar-refractivity contribution < 1.29 is 14.3 Å². The Morgan fingerprint density at radius 3 is 2.74 bits per heavy atom. The number of carbonyl (C=O) groups is 1. The van der Waals surface area contributed by atoms with E-state index in [4.69, 9.17) is 9.47 Å². The number of carbonyl (C=O) groups excluding carboxylic acids is 1. The van der Waals surface area contributed by atoms with Gasteiger partial charge in [0.2, 0.25) is 0 Å². The lowest BCUT2D eigenvalue weighted by atomic mass is 9.91. The minimum atomic E-state index is -0.964. The van der Waals surface area contributed by atoms with Gasteiger partial charge < -0.3 is 9.47 Å². The topological polar surface area (TPSA) is 47.6 Å². The van der Waals surface area contributed by atoms with Crippen LogP contribution < -0.4 is 10.1 Å². The number of hydrogen-bond acceptors (Lipinski definition) is 4. The van der Waals surface area contributed by atoms with Crippen molar-refractivity contribution in [3.8, 4) is 5.75 Å². The van der Waals surface area contributed by atoms with Crippen LogP contribution >= 0.6 is 0 Å². The van der Waals surface area contributed by atoms with E-state index < -0.39 is 5.54 Å². The second kappa shape index (κ2) is 6.95.